The number of rotatable bonds is 4. The number of piperidine rings is 1. The minimum Gasteiger partial charge on any atom is -0.495 e. The quantitative estimate of drug-likeness (QED) is 0.745. The van der Waals surface area contributed by atoms with Crippen molar-refractivity contribution in [3.63, 3.8) is 0 Å². The number of nitrogens with zero attached hydrogens (tertiary/aromatic N) is 2. The number of hydrogen-bond donors (Lipinski definition) is 2. The first-order valence-electron chi connectivity index (χ1n) is 8.62. The van der Waals surface area contributed by atoms with Crippen molar-refractivity contribution in [1.82, 2.24) is 15.5 Å². The Morgan fingerprint density at radius 1 is 1.28 bits per heavy atom. The van der Waals surface area contributed by atoms with E-state index in [1.807, 2.05) is 0 Å². The summed E-state index contributed by atoms with van der Waals surface area (Å²) in [6, 6.07) is 8.79. The number of methoxy groups -OCH3 is 1. The SMILES string of the molecule is COc1c(-c2nnc(N[C@@H]3CCCNC3)cc2C)ccc2sccc12. The predicted octanol–water partition coefficient (Wildman–Crippen LogP) is 3.84. The molecular formula is C19H22N4OS. The van der Waals surface area contributed by atoms with Crippen molar-refractivity contribution in [3.8, 4) is 17.0 Å². The lowest BCUT2D eigenvalue weighted by molar-refractivity contribution is 0.421. The molecule has 3 aromatic rings. The molecule has 6 heteroatoms. The van der Waals surface area contributed by atoms with Crippen molar-refractivity contribution in [2.75, 3.05) is 25.5 Å². The summed E-state index contributed by atoms with van der Waals surface area (Å²) < 4.78 is 6.91. The first-order chi connectivity index (χ1) is 12.3. The molecule has 0 saturated carbocycles. The number of fused-ring (bicyclic) bond motifs is 1. The Kier molecular flexibility index (Phi) is 4.55. The third-order valence-corrected chi connectivity index (χ3v) is 5.56. The highest BCUT2D eigenvalue weighted by Crippen LogP contribution is 2.39. The largest absolute Gasteiger partial charge is 0.495 e. The van der Waals surface area contributed by atoms with Crippen molar-refractivity contribution in [2.45, 2.75) is 25.8 Å². The molecule has 2 N–H and O–H groups in total. The van der Waals surface area contributed by atoms with Crippen LogP contribution in [-0.4, -0.2) is 36.4 Å². The summed E-state index contributed by atoms with van der Waals surface area (Å²) in [7, 11) is 1.71. The topological polar surface area (TPSA) is 59.1 Å². The Morgan fingerprint density at radius 2 is 2.20 bits per heavy atom. The highest BCUT2D eigenvalue weighted by Gasteiger charge is 2.17. The average molecular weight is 354 g/mol. The normalized spacial score (nSPS) is 17.6. The molecule has 2 aromatic heterocycles. The van der Waals surface area contributed by atoms with Crippen molar-refractivity contribution in [1.29, 1.82) is 0 Å². The maximum Gasteiger partial charge on any atom is 0.149 e. The second-order valence-electron chi connectivity index (χ2n) is 6.43. The molecule has 0 unspecified atom stereocenters. The number of nitrogens with one attached hydrogen (secondary N) is 2. The fraction of sp³-hybridized carbons (Fsp3) is 0.368. The van der Waals surface area contributed by atoms with Gasteiger partial charge >= 0.3 is 0 Å². The van der Waals surface area contributed by atoms with Gasteiger partial charge in [-0.2, -0.15) is 0 Å². The van der Waals surface area contributed by atoms with E-state index in [2.05, 4.69) is 57.4 Å². The van der Waals surface area contributed by atoms with Crippen LogP contribution in [0.5, 0.6) is 5.75 Å². The Balaban J connectivity index is 1.66. The van der Waals surface area contributed by atoms with Gasteiger partial charge in [-0.1, -0.05) is 0 Å². The molecule has 0 spiro atoms. The van der Waals surface area contributed by atoms with E-state index in [-0.39, 0.29) is 0 Å². The van der Waals surface area contributed by atoms with Crippen LogP contribution in [-0.2, 0) is 0 Å². The minimum absolute atomic E-state index is 0.421. The van der Waals surface area contributed by atoms with E-state index in [4.69, 9.17) is 4.74 Å². The highest BCUT2D eigenvalue weighted by molar-refractivity contribution is 7.17. The molecule has 3 heterocycles. The van der Waals surface area contributed by atoms with E-state index in [1.165, 1.54) is 11.1 Å². The third kappa shape index (κ3) is 3.19. The zero-order valence-electron chi connectivity index (χ0n) is 14.5. The lowest BCUT2D eigenvalue weighted by Gasteiger charge is -2.24. The van der Waals surface area contributed by atoms with Crippen LogP contribution >= 0.6 is 11.3 Å². The van der Waals surface area contributed by atoms with Crippen molar-refractivity contribution in [3.05, 3.63) is 35.2 Å². The number of ether oxygens (including phenoxy) is 1. The zero-order chi connectivity index (χ0) is 17.2. The molecule has 0 radical (unpaired) electrons. The van der Waals surface area contributed by atoms with Gasteiger partial charge in [0.1, 0.15) is 11.6 Å². The first kappa shape index (κ1) is 16.3. The van der Waals surface area contributed by atoms with E-state index < -0.39 is 0 Å². The molecule has 130 valence electrons. The molecule has 1 atom stereocenters. The highest BCUT2D eigenvalue weighted by atomic mass is 32.1. The Bertz CT molecular complexity index is 886. The van der Waals surface area contributed by atoms with E-state index in [1.54, 1.807) is 18.4 Å². The van der Waals surface area contributed by atoms with Crippen LogP contribution in [0.3, 0.4) is 0 Å². The summed E-state index contributed by atoms with van der Waals surface area (Å²) in [4.78, 5) is 0. The van der Waals surface area contributed by atoms with Gasteiger partial charge in [0.25, 0.3) is 0 Å². The maximum atomic E-state index is 5.69. The molecule has 1 aliphatic heterocycles. The van der Waals surface area contributed by atoms with Crippen LogP contribution in [0.4, 0.5) is 5.82 Å². The van der Waals surface area contributed by atoms with Crippen molar-refractivity contribution >= 4 is 27.2 Å². The van der Waals surface area contributed by atoms with E-state index in [0.717, 1.165) is 53.3 Å². The Morgan fingerprint density at radius 3 is 2.96 bits per heavy atom. The zero-order valence-corrected chi connectivity index (χ0v) is 15.3. The van der Waals surface area contributed by atoms with Gasteiger partial charge in [-0.25, -0.2) is 0 Å². The summed E-state index contributed by atoms with van der Waals surface area (Å²) in [6.45, 7) is 4.16. The van der Waals surface area contributed by atoms with E-state index in [9.17, 15) is 0 Å². The van der Waals surface area contributed by atoms with Gasteiger partial charge in [0.2, 0.25) is 0 Å². The van der Waals surface area contributed by atoms with Crippen molar-refractivity contribution < 1.29 is 4.74 Å². The molecule has 25 heavy (non-hydrogen) atoms. The van der Waals surface area contributed by atoms with Crippen LogP contribution in [0.2, 0.25) is 0 Å². The van der Waals surface area contributed by atoms with Crippen LogP contribution in [0.1, 0.15) is 18.4 Å². The summed E-state index contributed by atoms with van der Waals surface area (Å²) in [5.74, 6) is 1.71. The van der Waals surface area contributed by atoms with Gasteiger partial charge in [-0.15, -0.1) is 21.5 Å². The number of aryl methyl sites for hydroxylation is 1. The number of thiophene rings is 1. The van der Waals surface area contributed by atoms with Crippen LogP contribution in [0, 0.1) is 6.92 Å². The lowest BCUT2D eigenvalue weighted by Crippen LogP contribution is -2.38. The molecule has 0 amide bonds. The summed E-state index contributed by atoms with van der Waals surface area (Å²) in [5, 5.41) is 19.0. The van der Waals surface area contributed by atoms with E-state index in [0.29, 0.717) is 6.04 Å². The molecule has 1 aromatic carbocycles. The first-order valence-corrected chi connectivity index (χ1v) is 9.50. The average Bonchev–Trinajstić information content (AvgIpc) is 3.11. The summed E-state index contributed by atoms with van der Waals surface area (Å²) >= 11 is 1.71. The van der Waals surface area contributed by atoms with Crippen molar-refractivity contribution in [2.24, 2.45) is 0 Å². The number of benzene rings is 1. The van der Waals surface area contributed by atoms with Gasteiger partial charge in [0.05, 0.1) is 12.8 Å². The lowest BCUT2D eigenvalue weighted by atomic mass is 10.0. The monoisotopic (exact) mass is 354 g/mol. The van der Waals surface area contributed by atoms with Gasteiger partial charge in [0.15, 0.2) is 0 Å². The summed E-state index contributed by atoms with van der Waals surface area (Å²) in [6.07, 6.45) is 2.36. The minimum atomic E-state index is 0.421. The second kappa shape index (κ2) is 6.98. The van der Waals surface area contributed by atoms with Crippen LogP contribution < -0.4 is 15.4 Å². The third-order valence-electron chi connectivity index (χ3n) is 4.68. The van der Waals surface area contributed by atoms with Crippen LogP contribution in [0.15, 0.2) is 29.6 Å². The predicted molar refractivity (Wildman–Crippen MR) is 104 cm³/mol. The number of anilines is 1. The molecule has 1 fully saturated rings. The van der Waals surface area contributed by atoms with Gasteiger partial charge < -0.3 is 15.4 Å². The number of aromatic nitrogens is 2. The van der Waals surface area contributed by atoms with Gasteiger partial charge in [-0.3, -0.25) is 0 Å². The number of hydrogen-bond acceptors (Lipinski definition) is 6. The molecule has 1 aliphatic rings. The Hall–Kier alpha value is -2.18. The van der Waals surface area contributed by atoms with Crippen LogP contribution in [0.25, 0.3) is 21.3 Å². The standard InChI is InChI=1S/C19H22N4OS/c1-12-10-17(21-13-4-3-8-20-11-13)22-23-18(12)15-5-6-16-14(7-9-25-16)19(15)24-2/h5-7,9-10,13,20H,3-4,8,11H2,1-2H3,(H,21,22)/t13-/m1/s1. The fourth-order valence-electron chi connectivity index (χ4n) is 3.43. The van der Waals surface area contributed by atoms with E-state index >= 15 is 0 Å². The molecule has 5 nitrogen and oxygen atoms in total. The van der Waals surface area contributed by atoms with Gasteiger partial charge in [0, 0.05) is 28.2 Å². The smallest absolute Gasteiger partial charge is 0.149 e. The second-order valence-corrected chi connectivity index (χ2v) is 7.38. The molecule has 0 bridgehead atoms. The van der Waals surface area contributed by atoms with Gasteiger partial charge in [-0.05, 0) is 61.5 Å². The fourth-order valence-corrected chi connectivity index (χ4v) is 4.21. The molecule has 1 saturated heterocycles. The Labute approximate surface area is 151 Å². The molecule has 0 aliphatic carbocycles. The molecular weight excluding hydrogens is 332 g/mol. The summed E-state index contributed by atoms with van der Waals surface area (Å²) in [5.41, 5.74) is 2.95. The maximum absolute atomic E-state index is 5.69. The molecule has 4 rings (SSSR count).